The van der Waals surface area contributed by atoms with Crippen LogP contribution in [0.15, 0.2) is 39.9 Å². The van der Waals surface area contributed by atoms with Gasteiger partial charge in [0.1, 0.15) is 24.1 Å². The molecule has 0 fully saturated rings. The third-order valence-electron chi connectivity index (χ3n) is 4.88. The molecule has 10 heteroatoms. The molecule has 1 aromatic carbocycles. The van der Waals surface area contributed by atoms with Crippen molar-refractivity contribution < 1.29 is 24.4 Å². The molecule has 166 valence electrons. The third kappa shape index (κ3) is 4.77. The van der Waals surface area contributed by atoms with Crippen LogP contribution in [0.25, 0.3) is 10.2 Å². The Hall–Kier alpha value is -2.79. The lowest BCUT2D eigenvalue weighted by atomic mass is 10.1. The standard InChI is InChI=1S/C21H24N2O7S/c1-4-29-30-12-16-13(2)18-19(26)22(11-17(24)25)21(27)23(20(18)31-16)10-15(28-3)14-8-6-5-7-9-14/h5-9,15H,4,10-12H2,1-3H3,(H,24,25)/t15-/m0/s1. The zero-order valence-corrected chi connectivity index (χ0v) is 18.3. The predicted molar refractivity (Wildman–Crippen MR) is 115 cm³/mol. The van der Waals surface area contributed by atoms with Gasteiger partial charge in [0, 0.05) is 12.0 Å². The van der Waals surface area contributed by atoms with Gasteiger partial charge in [0.05, 0.1) is 18.5 Å². The summed E-state index contributed by atoms with van der Waals surface area (Å²) in [6, 6.07) is 9.36. The van der Waals surface area contributed by atoms with Crippen LogP contribution >= 0.6 is 11.3 Å². The van der Waals surface area contributed by atoms with Gasteiger partial charge in [-0.15, -0.1) is 11.3 Å². The molecule has 0 saturated heterocycles. The molecule has 0 radical (unpaired) electrons. The highest BCUT2D eigenvalue weighted by molar-refractivity contribution is 7.18. The highest BCUT2D eigenvalue weighted by Crippen LogP contribution is 2.30. The number of carboxylic acids is 1. The monoisotopic (exact) mass is 448 g/mol. The molecule has 0 amide bonds. The zero-order chi connectivity index (χ0) is 22.5. The summed E-state index contributed by atoms with van der Waals surface area (Å²) >= 11 is 1.25. The second-order valence-corrected chi connectivity index (χ2v) is 7.90. The van der Waals surface area contributed by atoms with E-state index in [9.17, 15) is 19.5 Å². The molecule has 0 spiro atoms. The molecule has 31 heavy (non-hydrogen) atoms. The number of fused-ring (bicyclic) bond motifs is 1. The number of rotatable bonds is 10. The van der Waals surface area contributed by atoms with Gasteiger partial charge in [-0.3, -0.25) is 14.2 Å². The molecular weight excluding hydrogens is 424 g/mol. The summed E-state index contributed by atoms with van der Waals surface area (Å²) < 4.78 is 7.76. The first-order valence-electron chi connectivity index (χ1n) is 9.68. The molecule has 1 atom stereocenters. The van der Waals surface area contributed by atoms with E-state index >= 15 is 0 Å². The Morgan fingerprint density at radius 2 is 1.87 bits per heavy atom. The second kappa shape index (κ2) is 10.0. The van der Waals surface area contributed by atoms with Gasteiger partial charge in [0.25, 0.3) is 5.56 Å². The average molecular weight is 448 g/mol. The number of carbonyl (C=O) groups is 1. The quantitative estimate of drug-likeness (QED) is 0.288. The minimum absolute atomic E-state index is 0.109. The molecule has 2 aromatic heterocycles. The van der Waals surface area contributed by atoms with E-state index in [1.165, 1.54) is 23.0 Å². The Kier molecular flexibility index (Phi) is 7.39. The molecule has 9 nitrogen and oxygen atoms in total. The summed E-state index contributed by atoms with van der Waals surface area (Å²) in [4.78, 5) is 48.8. The number of aliphatic carboxylic acids is 1. The first-order chi connectivity index (χ1) is 14.9. The van der Waals surface area contributed by atoms with Gasteiger partial charge in [0.15, 0.2) is 0 Å². The number of benzene rings is 1. The minimum Gasteiger partial charge on any atom is -0.480 e. The lowest BCUT2D eigenvalue weighted by molar-refractivity contribution is -0.300. The predicted octanol–water partition coefficient (Wildman–Crippen LogP) is 2.47. The maximum Gasteiger partial charge on any atom is 0.332 e. The molecule has 3 rings (SSSR count). The number of carboxylic acid groups (broad SMARTS) is 1. The highest BCUT2D eigenvalue weighted by Gasteiger charge is 2.23. The maximum atomic E-state index is 13.2. The molecule has 0 aliphatic heterocycles. The van der Waals surface area contributed by atoms with Crippen LogP contribution in [0.1, 0.15) is 29.0 Å². The lowest BCUT2D eigenvalue weighted by Gasteiger charge is -2.18. The van der Waals surface area contributed by atoms with Crippen molar-refractivity contribution in [3.8, 4) is 0 Å². The fraction of sp³-hybridized carbons (Fsp3) is 0.381. The van der Waals surface area contributed by atoms with E-state index in [1.54, 1.807) is 13.8 Å². The molecule has 0 bridgehead atoms. The van der Waals surface area contributed by atoms with Gasteiger partial charge >= 0.3 is 11.7 Å². The number of hydrogen-bond acceptors (Lipinski definition) is 7. The van der Waals surface area contributed by atoms with E-state index in [0.717, 1.165) is 15.0 Å². The van der Waals surface area contributed by atoms with Crippen LogP contribution in [-0.4, -0.2) is 33.9 Å². The third-order valence-corrected chi connectivity index (χ3v) is 6.17. The van der Waals surface area contributed by atoms with E-state index in [2.05, 4.69) is 0 Å². The molecule has 0 unspecified atom stereocenters. The van der Waals surface area contributed by atoms with Crippen LogP contribution in [0, 0.1) is 6.92 Å². The van der Waals surface area contributed by atoms with Gasteiger partial charge in [-0.25, -0.2) is 19.1 Å². The van der Waals surface area contributed by atoms with E-state index in [0.29, 0.717) is 22.4 Å². The van der Waals surface area contributed by atoms with Crippen molar-refractivity contribution in [1.29, 1.82) is 0 Å². The van der Waals surface area contributed by atoms with Gasteiger partial charge in [-0.1, -0.05) is 30.3 Å². The Morgan fingerprint density at radius 1 is 1.16 bits per heavy atom. The number of nitrogens with zero attached hydrogens (tertiary/aromatic N) is 2. The fourth-order valence-electron chi connectivity index (χ4n) is 3.34. The van der Waals surface area contributed by atoms with Gasteiger partial charge in [-0.2, -0.15) is 0 Å². The largest absolute Gasteiger partial charge is 0.480 e. The van der Waals surface area contributed by atoms with Gasteiger partial charge in [-0.05, 0) is 25.0 Å². The number of aromatic nitrogens is 2. The van der Waals surface area contributed by atoms with E-state index in [-0.39, 0.29) is 13.2 Å². The van der Waals surface area contributed by atoms with Crippen molar-refractivity contribution >= 4 is 27.5 Å². The molecule has 2 heterocycles. The second-order valence-electron chi connectivity index (χ2n) is 6.81. The SMILES string of the molecule is CCOOCc1sc2c(c1C)c(=O)n(CC(=O)O)c(=O)n2C[C@H](OC)c1ccccc1. The van der Waals surface area contributed by atoms with Crippen LogP contribution in [0.2, 0.25) is 0 Å². The number of aryl methyl sites for hydroxylation is 1. The molecule has 3 aromatic rings. The van der Waals surface area contributed by atoms with E-state index in [4.69, 9.17) is 14.5 Å². The lowest BCUT2D eigenvalue weighted by Crippen LogP contribution is -2.42. The number of methoxy groups -OCH3 is 1. The summed E-state index contributed by atoms with van der Waals surface area (Å²) in [6.45, 7) is 3.40. The molecule has 0 saturated carbocycles. The van der Waals surface area contributed by atoms with E-state index in [1.807, 2.05) is 30.3 Å². The van der Waals surface area contributed by atoms with Crippen molar-refractivity contribution in [1.82, 2.24) is 9.13 Å². The molecule has 0 aliphatic rings. The topological polar surface area (TPSA) is 109 Å². The number of ether oxygens (including phenoxy) is 1. The smallest absolute Gasteiger partial charge is 0.332 e. The summed E-state index contributed by atoms with van der Waals surface area (Å²) in [5.74, 6) is -1.27. The van der Waals surface area contributed by atoms with Gasteiger partial charge < -0.3 is 9.84 Å². The van der Waals surface area contributed by atoms with Crippen molar-refractivity contribution in [2.75, 3.05) is 13.7 Å². The Morgan fingerprint density at radius 3 is 2.48 bits per heavy atom. The molecule has 1 N–H and O–H groups in total. The molecular formula is C21H24N2O7S. The van der Waals surface area contributed by atoms with Crippen LogP contribution in [-0.2, 0) is 39.0 Å². The van der Waals surface area contributed by atoms with E-state index < -0.39 is 29.9 Å². The maximum absolute atomic E-state index is 13.2. The van der Waals surface area contributed by atoms with Crippen LogP contribution in [0.4, 0.5) is 0 Å². The van der Waals surface area contributed by atoms with Gasteiger partial charge in [0.2, 0.25) is 0 Å². The zero-order valence-electron chi connectivity index (χ0n) is 17.5. The Bertz CT molecular complexity index is 1180. The Labute approximate surface area is 182 Å². The summed E-state index contributed by atoms with van der Waals surface area (Å²) in [7, 11) is 1.54. The number of hydrogen-bond donors (Lipinski definition) is 1. The first kappa shape index (κ1) is 22.9. The van der Waals surface area contributed by atoms with Crippen LogP contribution in [0.3, 0.4) is 0 Å². The minimum atomic E-state index is -1.27. The average Bonchev–Trinajstić information content (AvgIpc) is 3.08. The normalized spacial score (nSPS) is 12.4. The fourth-order valence-corrected chi connectivity index (χ4v) is 4.54. The summed E-state index contributed by atoms with van der Waals surface area (Å²) in [5.41, 5.74) is 0.153. The van der Waals surface area contributed by atoms with Crippen molar-refractivity contribution in [3.05, 3.63) is 67.2 Å². The van der Waals surface area contributed by atoms with Crippen LogP contribution < -0.4 is 11.2 Å². The highest BCUT2D eigenvalue weighted by atomic mass is 32.1. The molecule has 0 aliphatic carbocycles. The first-order valence-corrected chi connectivity index (χ1v) is 10.5. The Balaban J connectivity index is 2.20. The summed E-state index contributed by atoms with van der Waals surface area (Å²) in [5, 5.41) is 9.53. The number of thiophene rings is 1. The van der Waals surface area contributed by atoms with Crippen molar-refractivity contribution in [3.63, 3.8) is 0 Å². The summed E-state index contributed by atoms with van der Waals surface area (Å²) in [6.07, 6.45) is -0.469. The van der Waals surface area contributed by atoms with Crippen molar-refractivity contribution in [2.45, 2.75) is 39.6 Å². The van der Waals surface area contributed by atoms with Crippen molar-refractivity contribution in [2.24, 2.45) is 0 Å². The van der Waals surface area contributed by atoms with Crippen LogP contribution in [0.5, 0.6) is 0 Å².